The Morgan fingerprint density at radius 2 is 2.00 bits per heavy atom. The highest BCUT2D eigenvalue weighted by Crippen LogP contribution is 2.29. The maximum Gasteiger partial charge on any atom is 0.230 e. The molecule has 27 heavy (non-hydrogen) atoms. The van der Waals surface area contributed by atoms with Gasteiger partial charge in [-0.1, -0.05) is 64.4 Å². The molecule has 1 aliphatic carbocycles. The molecule has 1 fully saturated rings. The number of hydrogen-bond donors (Lipinski definition) is 1. The molecular weight excluding hydrogens is 358 g/mol. The molecule has 1 amide bonds. The van der Waals surface area contributed by atoms with E-state index in [1.54, 1.807) is 4.68 Å². The van der Waals surface area contributed by atoms with Gasteiger partial charge in [0, 0.05) is 6.04 Å². The molecule has 0 bridgehead atoms. The van der Waals surface area contributed by atoms with Crippen molar-refractivity contribution in [2.24, 2.45) is 11.8 Å². The largest absolute Gasteiger partial charge is 0.352 e. The molecule has 3 rings (SSSR count). The Balaban J connectivity index is 1.59. The summed E-state index contributed by atoms with van der Waals surface area (Å²) in [5, 5.41) is 15.8. The van der Waals surface area contributed by atoms with Crippen LogP contribution in [0.15, 0.2) is 29.4 Å². The third-order valence-corrected chi connectivity index (χ3v) is 6.55. The second-order valence-electron chi connectivity index (χ2n) is 7.85. The number of nitrogens with one attached hydrogen (secondary N) is 1. The fourth-order valence-corrected chi connectivity index (χ4v) is 4.30. The minimum Gasteiger partial charge on any atom is -0.352 e. The van der Waals surface area contributed by atoms with E-state index in [9.17, 15) is 4.79 Å². The van der Waals surface area contributed by atoms with Crippen LogP contribution in [0.25, 0.3) is 5.69 Å². The van der Waals surface area contributed by atoms with Crippen LogP contribution in [0.3, 0.4) is 0 Å². The monoisotopic (exact) mass is 387 g/mol. The van der Waals surface area contributed by atoms with E-state index in [2.05, 4.69) is 60.7 Å². The van der Waals surface area contributed by atoms with Gasteiger partial charge in [0.2, 0.25) is 11.1 Å². The summed E-state index contributed by atoms with van der Waals surface area (Å²) >= 11 is 1.37. The summed E-state index contributed by atoms with van der Waals surface area (Å²) in [6.45, 7) is 8.85. The van der Waals surface area contributed by atoms with Gasteiger partial charge in [0.1, 0.15) is 0 Å². The second-order valence-corrected chi connectivity index (χ2v) is 8.79. The third-order valence-electron chi connectivity index (χ3n) is 5.63. The van der Waals surface area contributed by atoms with E-state index in [4.69, 9.17) is 0 Å². The Morgan fingerprint density at radius 3 is 2.70 bits per heavy atom. The predicted molar refractivity (Wildman–Crippen MR) is 108 cm³/mol. The molecule has 1 aromatic heterocycles. The maximum atomic E-state index is 12.4. The van der Waals surface area contributed by atoms with Crippen molar-refractivity contribution in [3.8, 4) is 5.69 Å². The molecule has 2 aromatic rings. The van der Waals surface area contributed by atoms with Gasteiger partial charge in [0.05, 0.1) is 11.4 Å². The summed E-state index contributed by atoms with van der Waals surface area (Å²) < 4.78 is 1.69. The number of hydrogen-bond acceptors (Lipinski definition) is 5. The molecule has 1 N–H and O–H groups in total. The average Bonchev–Trinajstić information content (AvgIpc) is 3.12. The number of amides is 1. The molecule has 6 nitrogen and oxygen atoms in total. The zero-order valence-corrected chi connectivity index (χ0v) is 17.4. The number of aromatic nitrogens is 4. The van der Waals surface area contributed by atoms with Crippen molar-refractivity contribution in [2.45, 2.75) is 64.1 Å². The van der Waals surface area contributed by atoms with Crippen LogP contribution in [0.1, 0.15) is 58.4 Å². The Kier molecular flexibility index (Phi) is 6.52. The molecular formula is C20H29N5OS. The summed E-state index contributed by atoms with van der Waals surface area (Å²) in [7, 11) is 0. The van der Waals surface area contributed by atoms with Crippen LogP contribution in [0.2, 0.25) is 0 Å². The minimum atomic E-state index is 0.0515. The minimum absolute atomic E-state index is 0.0515. The highest BCUT2D eigenvalue weighted by Gasteiger charge is 2.28. The van der Waals surface area contributed by atoms with Crippen LogP contribution < -0.4 is 5.32 Å². The number of benzene rings is 1. The van der Waals surface area contributed by atoms with E-state index in [1.165, 1.54) is 30.2 Å². The Hall–Kier alpha value is -1.89. The molecule has 0 radical (unpaired) electrons. The lowest BCUT2D eigenvalue weighted by molar-refractivity contribution is -0.120. The van der Waals surface area contributed by atoms with Crippen molar-refractivity contribution >= 4 is 17.7 Å². The maximum absolute atomic E-state index is 12.4. The van der Waals surface area contributed by atoms with Crippen molar-refractivity contribution in [3.05, 3.63) is 29.8 Å². The standard InChI is InChI=1S/C20H29N5OS/c1-13(2)16-8-10-17(11-9-16)25-20(22-23-24-25)27-12-19(26)21-18-7-5-6-14(3)15(18)4/h8-11,13-15,18H,5-7,12H2,1-4H3,(H,21,26)/t14-,15+,18+/m0/s1. The lowest BCUT2D eigenvalue weighted by Crippen LogP contribution is -2.44. The lowest BCUT2D eigenvalue weighted by Gasteiger charge is -2.34. The van der Waals surface area contributed by atoms with E-state index in [-0.39, 0.29) is 11.9 Å². The number of carbonyl (C=O) groups is 1. The van der Waals surface area contributed by atoms with Crippen molar-refractivity contribution < 1.29 is 4.79 Å². The number of tetrazole rings is 1. The number of nitrogens with zero attached hydrogens (tertiary/aromatic N) is 4. The van der Waals surface area contributed by atoms with Crippen molar-refractivity contribution in [1.29, 1.82) is 0 Å². The summed E-state index contributed by atoms with van der Waals surface area (Å²) in [6.07, 6.45) is 3.52. The molecule has 0 spiro atoms. The normalized spacial score (nSPS) is 22.8. The smallest absolute Gasteiger partial charge is 0.230 e. The summed E-state index contributed by atoms with van der Waals surface area (Å²) in [5.41, 5.74) is 2.18. The van der Waals surface area contributed by atoms with Gasteiger partial charge < -0.3 is 5.32 Å². The first-order valence-electron chi connectivity index (χ1n) is 9.76. The van der Waals surface area contributed by atoms with Crippen LogP contribution in [-0.4, -0.2) is 37.9 Å². The number of rotatable bonds is 6. The summed E-state index contributed by atoms with van der Waals surface area (Å²) in [6, 6.07) is 8.49. The summed E-state index contributed by atoms with van der Waals surface area (Å²) in [5.74, 6) is 2.04. The molecule has 0 saturated heterocycles. The molecule has 1 aromatic carbocycles. The predicted octanol–water partition coefficient (Wildman–Crippen LogP) is 3.82. The first-order chi connectivity index (χ1) is 13.0. The van der Waals surface area contributed by atoms with E-state index in [1.807, 2.05) is 12.1 Å². The van der Waals surface area contributed by atoms with Crippen LogP contribution in [0.4, 0.5) is 0 Å². The van der Waals surface area contributed by atoms with Gasteiger partial charge in [-0.25, -0.2) is 0 Å². The molecule has 1 aliphatic rings. The zero-order chi connectivity index (χ0) is 19.4. The zero-order valence-electron chi connectivity index (χ0n) is 16.6. The first-order valence-corrected chi connectivity index (χ1v) is 10.7. The Labute approximate surface area is 165 Å². The van der Waals surface area contributed by atoms with Crippen molar-refractivity contribution in [2.75, 3.05) is 5.75 Å². The van der Waals surface area contributed by atoms with Gasteiger partial charge in [-0.05, 0) is 52.3 Å². The molecule has 1 saturated carbocycles. The fraction of sp³-hybridized carbons (Fsp3) is 0.600. The highest BCUT2D eigenvalue weighted by atomic mass is 32.2. The van der Waals surface area contributed by atoms with Gasteiger partial charge >= 0.3 is 0 Å². The second kappa shape index (κ2) is 8.87. The van der Waals surface area contributed by atoms with Crippen LogP contribution in [0.5, 0.6) is 0 Å². The van der Waals surface area contributed by atoms with Crippen molar-refractivity contribution in [1.82, 2.24) is 25.5 Å². The third kappa shape index (κ3) is 4.89. The SMILES string of the molecule is CC(C)c1ccc(-n2nnnc2SCC(=O)N[C@@H]2CCC[C@H](C)[C@H]2C)cc1. The molecule has 1 heterocycles. The fourth-order valence-electron chi connectivity index (χ4n) is 3.60. The molecule has 7 heteroatoms. The van der Waals surface area contributed by atoms with E-state index < -0.39 is 0 Å². The Morgan fingerprint density at radius 1 is 1.26 bits per heavy atom. The van der Waals surface area contributed by atoms with Gasteiger partial charge in [-0.15, -0.1) is 5.10 Å². The van der Waals surface area contributed by atoms with Crippen LogP contribution >= 0.6 is 11.8 Å². The van der Waals surface area contributed by atoms with E-state index in [0.717, 1.165) is 12.1 Å². The summed E-state index contributed by atoms with van der Waals surface area (Å²) in [4.78, 5) is 12.4. The molecule has 0 unspecified atom stereocenters. The molecule has 146 valence electrons. The highest BCUT2D eigenvalue weighted by molar-refractivity contribution is 7.99. The Bertz CT molecular complexity index is 758. The topological polar surface area (TPSA) is 72.7 Å². The van der Waals surface area contributed by atoms with Gasteiger partial charge in [0.25, 0.3) is 0 Å². The van der Waals surface area contributed by atoms with Gasteiger partial charge in [-0.2, -0.15) is 4.68 Å². The first kappa shape index (κ1) is 19.9. The van der Waals surface area contributed by atoms with Crippen LogP contribution in [-0.2, 0) is 4.79 Å². The van der Waals surface area contributed by atoms with E-state index >= 15 is 0 Å². The quantitative estimate of drug-likeness (QED) is 0.763. The average molecular weight is 388 g/mol. The molecule has 0 aliphatic heterocycles. The number of carbonyl (C=O) groups excluding carboxylic acids is 1. The van der Waals surface area contributed by atoms with E-state index in [0.29, 0.717) is 28.7 Å². The van der Waals surface area contributed by atoms with Crippen molar-refractivity contribution in [3.63, 3.8) is 0 Å². The number of thioether (sulfide) groups is 1. The lowest BCUT2D eigenvalue weighted by atomic mass is 9.78. The van der Waals surface area contributed by atoms with Crippen LogP contribution in [0, 0.1) is 11.8 Å². The van der Waals surface area contributed by atoms with Gasteiger partial charge in [0.15, 0.2) is 0 Å². The molecule has 3 atom stereocenters. The van der Waals surface area contributed by atoms with Gasteiger partial charge in [-0.3, -0.25) is 4.79 Å².